The topological polar surface area (TPSA) is 72.7 Å². The zero-order chi connectivity index (χ0) is 18.7. The number of carbonyl (C=O) groups excluding carboxylic acids is 1. The first-order chi connectivity index (χ1) is 12.4. The van der Waals surface area contributed by atoms with Crippen molar-refractivity contribution in [3.63, 3.8) is 0 Å². The Morgan fingerprint density at radius 2 is 1.92 bits per heavy atom. The Balaban J connectivity index is 1.74. The molecule has 0 aliphatic heterocycles. The zero-order valence-corrected chi connectivity index (χ0v) is 15.4. The molecule has 134 valence electrons. The second-order valence-corrected chi connectivity index (χ2v) is 7.23. The van der Waals surface area contributed by atoms with Crippen molar-refractivity contribution in [2.24, 2.45) is 0 Å². The first-order valence-electron chi connectivity index (χ1n) is 8.03. The number of hydrogen-bond acceptors (Lipinski definition) is 5. The Kier molecular flexibility index (Phi) is 5.32. The van der Waals surface area contributed by atoms with Crippen LogP contribution in [0.3, 0.4) is 0 Å². The Morgan fingerprint density at radius 1 is 1.19 bits per heavy atom. The number of carbonyl (C=O) groups is 1. The van der Waals surface area contributed by atoms with Crippen molar-refractivity contribution in [2.45, 2.75) is 31.2 Å². The predicted octanol–water partition coefficient (Wildman–Crippen LogP) is 3.54. The molecule has 1 amide bonds. The van der Waals surface area contributed by atoms with E-state index in [1.807, 2.05) is 26.0 Å². The molecule has 0 aliphatic rings. The third-order valence-corrected chi connectivity index (χ3v) is 4.82. The summed E-state index contributed by atoms with van der Waals surface area (Å²) in [4.78, 5) is 12.4. The van der Waals surface area contributed by atoms with Crippen molar-refractivity contribution in [1.29, 1.82) is 0 Å². The standard InChI is InChI=1S/C18H18FN5OS/c1-11-4-9-16(12(2)10-11)24-18(21-22-23-24)26-13(3)17(25)20-15-7-5-14(19)6-8-15/h4-10,13H,1-3H3,(H,20,25). The number of benzene rings is 2. The van der Waals surface area contributed by atoms with Gasteiger partial charge in [0.05, 0.1) is 10.9 Å². The summed E-state index contributed by atoms with van der Waals surface area (Å²) in [5, 5.41) is 14.7. The number of tetrazole rings is 1. The van der Waals surface area contributed by atoms with Gasteiger partial charge in [0.15, 0.2) is 0 Å². The summed E-state index contributed by atoms with van der Waals surface area (Å²) in [6.07, 6.45) is 0. The van der Waals surface area contributed by atoms with Gasteiger partial charge in [-0.25, -0.2) is 4.39 Å². The predicted molar refractivity (Wildman–Crippen MR) is 99.0 cm³/mol. The second-order valence-electron chi connectivity index (χ2n) is 5.92. The lowest BCUT2D eigenvalue weighted by Gasteiger charge is -2.12. The van der Waals surface area contributed by atoms with E-state index in [0.29, 0.717) is 10.8 Å². The Bertz CT molecular complexity index is 926. The number of nitrogens with zero attached hydrogens (tertiary/aromatic N) is 4. The van der Waals surface area contributed by atoms with E-state index in [-0.39, 0.29) is 11.7 Å². The molecule has 0 saturated carbocycles. The van der Waals surface area contributed by atoms with Crippen molar-refractivity contribution in [1.82, 2.24) is 20.2 Å². The summed E-state index contributed by atoms with van der Waals surface area (Å²) in [6.45, 7) is 5.78. The van der Waals surface area contributed by atoms with Gasteiger partial charge >= 0.3 is 0 Å². The van der Waals surface area contributed by atoms with Crippen LogP contribution >= 0.6 is 11.8 Å². The first kappa shape index (κ1) is 18.1. The molecule has 8 heteroatoms. The fourth-order valence-electron chi connectivity index (χ4n) is 2.44. The molecule has 0 aliphatic carbocycles. The molecule has 1 aromatic heterocycles. The quantitative estimate of drug-likeness (QED) is 0.695. The van der Waals surface area contributed by atoms with Gasteiger partial charge in [-0.2, -0.15) is 4.68 Å². The number of hydrogen-bond donors (Lipinski definition) is 1. The highest BCUT2D eigenvalue weighted by Crippen LogP contribution is 2.25. The van der Waals surface area contributed by atoms with Gasteiger partial charge in [-0.1, -0.05) is 29.5 Å². The number of rotatable bonds is 5. The summed E-state index contributed by atoms with van der Waals surface area (Å²) in [6, 6.07) is 11.6. The maximum absolute atomic E-state index is 13.0. The van der Waals surface area contributed by atoms with Crippen molar-refractivity contribution in [3.8, 4) is 5.69 Å². The SMILES string of the molecule is Cc1ccc(-n2nnnc2SC(C)C(=O)Nc2ccc(F)cc2)c(C)c1. The van der Waals surface area contributed by atoms with Crippen LogP contribution in [0.4, 0.5) is 10.1 Å². The maximum Gasteiger partial charge on any atom is 0.237 e. The zero-order valence-electron chi connectivity index (χ0n) is 14.6. The smallest absolute Gasteiger partial charge is 0.237 e. The van der Waals surface area contributed by atoms with Gasteiger partial charge < -0.3 is 5.32 Å². The monoisotopic (exact) mass is 371 g/mol. The minimum absolute atomic E-state index is 0.211. The molecular weight excluding hydrogens is 353 g/mol. The normalized spacial score (nSPS) is 12.0. The van der Waals surface area contributed by atoms with Crippen LogP contribution in [0.15, 0.2) is 47.6 Å². The molecule has 0 bridgehead atoms. The van der Waals surface area contributed by atoms with Gasteiger partial charge in [0.25, 0.3) is 0 Å². The minimum atomic E-state index is -0.435. The highest BCUT2D eigenvalue weighted by Gasteiger charge is 2.20. The van der Waals surface area contributed by atoms with Crippen LogP contribution in [0, 0.1) is 19.7 Å². The number of thioether (sulfide) groups is 1. The molecule has 3 rings (SSSR count). The fraction of sp³-hybridized carbons (Fsp3) is 0.222. The second kappa shape index (κ2) is 7.65. The van der Waals surface area contributed by atoms with Crippen molar-refractivity contribution in [3.05, 3.63) is 59.4 Å². The number of aromatic nitrogens is 4. The first-order valence-corrected chi connectivity index (χ1v) is 8.91. The Morgan fingerprint density at radius 3 is 2.62 bits per heavy atom. The molecule has 0 fully saturated rings. The molecule has 0 saturated heterocycles. The number of amides is 1. The van der Waals surface area contributed by atoms with Crippen LogP contribution in [-0.2, 0) is 4.79 Å². The minimum Gasteiger partial charge on any atom is -0.325 e. The van der Waals surface area contributed by atoms with E-state index >= 15 is 0 Å². The van der Waals surface area contributed by atoms with Crippen molar-refractivity contribution in [2.75, 3.05) is 5.32 Å². The lowest BCUT2D eigenvalue weighted by molar-refractivity contribution is -0.115. The van der Waals surface area contributed by atoms with E-state index in [2.05, 4.69) is 26.9 Å². The number of halogens is 1. The van der Waals surface area contributed by atoms with E-state index in [0.717, 1.165) is 16.8 Å². The molecule has 6 nitrogen and oxygen atoms in total. The van der Waals surface area contributed by atoms with E-state index in [1.54, 1.807) is 11.6 Å². The van der Waals surface area contributed by atoms with Crippen LogP contribution in [0.2, 0.25) is 0 Å². The third-order valence-electron chi connectivity index (χ3n) is 3.78. The van der Waals surface area contributed by atoms with Crippen LogP contribution < -0.4 is 5.32 Å². The fourth-order valence-corrected chi connectivity index (χ4v) is 3.24. The third kappa shape index (κ3) is 4.08. The van der Waals surface area contributed by atoms with Gasteiger partial charge in [-0.3, -0.25) is 4.79 Å². The summed E-state index contributed by atoms with van der Waals surface area (Å²) in [5.41, 5.74) is 3.61. The van der Waals surface area contributed by atoms with E-state index in [9.17, 15) is 9.18 Å². The summed E-state index contributed by atoms with van der Waals surface area (Å²) < 4.78 is 14.6. The molecule has 1 unspecified atom stereocenters. The maximum atomic E-state index is 13.0. The highest BCUT2D eigenvalue weighted by molar-refractivity contribution is 8.00. The Hall–Kier alpha value is -2.74. The van der Waals surface area contributed by atoms with E-state index in [4.69, 9.17) is 0 Å². The molecule has 0 radical (unpaired) electrons. The molecule has 0 spiro atoms. The van der Waals surface area contributed by atoms with Gasteiger partial charge in [0.1, 0.15) is 5.82 Å². The number of anilines is 1. The van der Waals surface area contributed by atoms with Crippen LogP contribution in [-0.4, -0.2) is 31.4 Å². The summed E-state index contributed by atoms with van der Waals surface area (Å²) in [7, 11) is 0. The van der Waals surface area contributed by atoms with E-state index < -0.39 is 5.25 Å². The van der Waals surface area contributed by atoms with Gasteiger partial charge in [0, 0.05) is 5.69 Å². The van der Waals surface area contributed by atoms with E-state index in [1.165, 1.54) is 36.0 Å². The number of nitrogens with one attached hydrogen (secondary N) is 1. The van der Waals surface area contributed by atoms with Gasteiger partial charge in [-0.15, -0.1) is 5.10 Å². The van der Waals surface area contributed by atoms with Crippen molar-refractivity contribution < 1.29 is 9.18 Å². The van der Waals surface area contributed by atoms with Crippen LogP contribution in [0.25, 0.3) is 5.69 Å². The number of aryl methyl sites for hydroxylation is 2. The lowest BCUT2D eigenvalue weighted by atomic mass is 10.1. The summed E-state index contributed by atoms with van der Waals surface area (Å²) in [5.74, 6) is -0.560. The van der Waals surface area contributed by atoms with Crippen LogP contribution in [0.5, 0.6) is 0 Å². The lowest BCUT2D eigenvalue weighted by Crippen LogP contribution is -2.23. The molecule has 1 atom stereocenters. The molecule has 2 aromatic carbocycles. The molecule has 1 N–H and O–H groups in total. The largest absolute Gasteiger partial charge is 0.325 e. The van der Waals surface area contributed by atoms with Gasteiger partial charge in [-0.05, 0) is 67.1 Å². The average Bonchev–Trinajstić information content (AvgIpc) is 3.04. The van der Waals surface area contributed by atoms with Crippen LogP contribution in [0.1, 0.15) is 18.1 Å². The molecule has 26 heavy (non-hydrogen) atoms. The van der Waals surface area contributed by atoms with Gasteiger partial charge in [0.2, 0.25) is 11.1 Å². The van der Waals surface area contributed by atoms with Crippen molar-refractivity contribution >= 4 is 23.4 Å². The Labute approximate surface area is 154 Å². The molecule has 3 aromatic rings. The molecular formula is C18H18FN5OS. The molecule has 1 heterocycles. The average molecular weight is 371 g/mol. The summed E-state index contributed by atoms with van der Waals surface area (Å²) >= 11 is 1.26. The highest BCUT2D eigenvalue weighted by atomic mass is 32.2.